The van der Waals surface area contributed by atoms with Crippen LogP contribution in [0.4, 0.5) is 0 Å². The lowest BCUT2D eigenvalue weighted by Crippen LogP contribution is -2.08. The fraction of sp³-hybridized carbons (Fsp3) is 0.545. The first-order chi connectivity index (χ1) is 7.95. The van der Waals surface area contributed by atoms with Crippen LogP contribution in [0.25, 0.3) is 0 Å². The van der Waals surface area contributed by atoms with Gasteiger partial charge in [-0.25, -0.2) is 0 Å². The fourth-order valence-electron chi connectivity index (χ4n) is 0.945. The molecular formula is C11H15ClO5. The normalized spacial score (nSPS) is 10.9. The summed E-state index contributed by atoms with van der Waals surface area (Å²) < 4.78 is 9.20. The zero-order valence-electron chi connectivity index (χ0n) is 9.82. The van der Waals surface area contributed by atoms with Crippen molar-refractivity contribution in [3.8, 4) is 0 Å². The average molecular weight is 263 g/mol. The molecule has 0 aliphatic heterocycles. The van der Waals surface area contributed by atoms with Crippen molar-refractivity contribution in [3.05, 3.63) is 11.6 Å². The molecule has 0 rings (SSSR count). The van der Waals surface area contributed by atoms with Gasteiger partial charge in [-0.3, -0.25) is 14.4 Å². The molecule has 0 radical (unpaired) electrons. The summed E-state index contributed by atoms with van der Waals surface area (Å²) >= 11 is 5.01. The standard InChI is InChI=1S/C11H15ClO5/c1-8(3-4-10(14)16-2)5-6-17-11(15)7-9(12)13/h5H,3-4,6-7H2,1-2H3. The molecule has 6 heteroatoms. The van der Waals surface area contributed by atoms with E-state index in [0.29, 0.717) is 6.42 Å². The first kappa shape index (κ1) is 15.6. The average Bonchev–Trinajstić information content (AvgIpc) is 2.24. The van der Waals surface area contributed by atoms with Gasteiger partial charge in [0.1, 0.15) is 13.0 Å². The molecule has 0 amide bonds. The summed E-state index contributed by atoms with van der Waals surface area (Å²) in [5, 5.41) is -0.749. The second-order valence-corrected chi connectivity index (χ2v) is 3.76. The summed E-state index contributed by atoms with van der Waals surface area (Å²) in [4.78, 5) is 32.1. The van der Waals surface area contributed by atoms with Crippen molar-refractivity contribution in [1.29, 1.82) is 0 Å². The Kier molecular flexibility index (Phi) is 8.05. The number of hydrogen-bond acceptors (Lipinski definition) is 5. The van der Waals surface area contributed by atoms with Gasteiger partial charge in [0.25, 0.3) is 0 Å². The van der Waals surface area contributed by atoms with Crippen molar-refractivity contribution < 1.29 is 23.9 Å². The lowest BCUT2D eigenvalue weighted by molar-refractivity contribution is -0.144. The Labute approximate surface area is 105 Å². The minimum absolute atomic E-state index is 0.0655. The van der Waals surface area contributed by atoms with Crippen LogP contribution in [0, 0.1) is 0 Å². The first-order valence-corrected chi connectivity index (χ1v) is 5.40. The van der Waals surface area contributed by atoms with Gasteiger partial charge in [0, 0.05) is 6.42 Å². The maximum absolute atomic E-state index is 10.9. The molecule has 0 heterocycles. The Morgan fingerprint density at radius 2 is 1.82 bits per heavy atom. The Morgan fingerprint density at radius 1 is 1.18 bits per heavy atom. The third-order valence-electron chi connectivity index (χ3n) is 1.91. The van der Waals surface area contributed by atoms with Crippen molar-refractivity contribution in [2.24, 2.45) is 0 Å². The molecule has 0 atom stereocenters. The van der Waals surface area contributed by atoms with Gasteiger partial charge in [0.2, 0.25) is 5.24 Å². The topological polar surface area (TPSA) is 69.7 Å². The molecule has 0 aliphatic carbocycles. The molecule has 0 spiro atoms. The summed E-state index contributed by atoms with van der Waals surface area (Å²) in [7, 11) is 1.33. The number of carbonyl (C=O) groups is 3. The SMILES string of the molecule is COC(=O)CCC(C)=CCOC(=O)CC(=O)Cl. The summed E-state index contributed by atoms with van der Waals surface area (Å²) in [5.41, 5.74) is 0.903. The highest BCUT2D eigenvalue weighted by molar-refractivity contribution is 6.64. The molecule has 17 heavy (non-hydrogen) atoms. The van der Waals surface area contributed by atoms with E-state index in [1.165, 1.54) is 7.11 Å². The van der Waals surface area contributed by atoms with E-state index in [0.717, 1.165) is 5.57 Å². The molecule has 0 unspecified atom stereocenters. The van der Waals surface area contributed by atoms with Gasteiger partial charge in [-0.15, -0.1) is 0 Å². The van der Waals surface area contributed by atoms with Crippen LogP contribution in [-0.4, -0.2) is 30.9 Å². The molecule has 0 bridgehead atoms. The molecule has 0 aromatic rings. The van der Waals surface area contributed by atoms with Gasteiger partial charge < -0.3 is 9.47 Å². The number of carbonyl (C=O) groups excluding carboxylic acids is 3. The zero-order valence-corrected chi connectivity index (χ0v) is 10.6. The first-order valence-electron chi connectivity index (χ1n) is 5.02. The molecule has 0 N–H and O–H groups in total. The third-order valence-corrected chi connectivity index (χ3v) is 2.04. The van der Waals surface area contributed by atoms with Crippen molar-refractivity contribution >= 4 is 28.8 Å². The van der Waals surface area contributed by atoms with Crippen LogP contribution in [0.3, 0.4) is 0 Å². The number of allylic oxidation sites excluding steroid dienone is 1. The van der Waals surface area contributed by atoms with Crippen molar-refractivity contribution in [2.45, 2.75) is 26.2 Å². The Hall–Kier alpha value is -1.36. The van der Waals surface area contributed by atoms with Crippen LogP contribution >= 0.6 is 11.6 Å². The monoisotopic (exact) mass is 262 g/mol. The van der Waals surface area contributed by atoms with Gasteiger partial charge in [-0.05, 0) is 31.0 Å². The lowest BCUT2D eigenvalue weighted by atomic mass is 10.1. The van der Waals surface area contributed by atoms with Crippen molar-refractivity contribution in [1.82, 2.24) is 0 Å². The van der Waals surface area contributed by atoms with Gasteiger partial charge in [0.15, 0.2) is 0 Å². The predicted octanol–water partition coefficient (Wildman–Crippen LogP) is 1.58. The fourth-order valence-corrected chi connectivity index (χ4v) is 1.05. The Bertz CT molecular complexity index is 322. The second kappa shape index (κ2) is 8.75. The maximum atomic E-state index is 10.9. The quantitative estimate of drug-likeness (QED) is 0.302. The number of hydrogen-bond donors (Lipinski definition) is 0. The summed E-state index contributed by atoms with van der Waals surface area (Å²) in [6.07, 6.45) is 2.06. The van der Waals surface area contributed by atoms with Crippen LogP contribution in [-0.2, 0) is 23.9 Å². The van der Waals surface area contributed by atoms with Gasteiger partial charge in [-0.2, -0.15) is 0 Å². The summed E-state index contributed by atoms with van der Waals surface area (Å²) in [6, 6.07) is 0. The largest absolute Gasteiger partial charge is 0.469 e. The highest BCUT2D eigenvalue weighted by atomic mass is 35.5. The maximum Gasteiger partial charge on any atom is 0.314 e. The lowest BCUT2D eigenvalue weighted by Gasteiger charge is -2.02. The van der Waals surface area contributed by atoms with E-state index in [1.54, 1.807) is 6.08 Å². The minimum atomic E-state index is -0.749. The number of esters is 2. The van der Waals surface area contributed by atoms with Crippen LogP contribution in [0.2, 0.25) is 0 Å². The molecule has 0 aromatic heterocycles. The number of halogens is 1. The second-order valence-electron chi connectivity index (χ2n) is 3.34. The highest BCUT2D eigenvalue weighted by Gasteiger charge is 2.07. The van der Waals surface area contributed by atoms with Crippen LogP contribution < -0.4 is 0 Å². The van der Waals surface area contributed by atoms with E-state index in [2.05, 4.69) is 4.74 Å². The zero-order chi connectivity index (χ0) is 13.3. The molecule has 0 aliphatic rings. The van der Waals surface area contributed by atoms with E-state index >= 15 is 0 Å². The van der Waals surface area contributed by atoms with Crippen molar-refractivity contribution in [3.63, 3.8) is 0 Å². The number of ether oxygens (including phenoxy) is 2. The summed E-state index contributed by atoms with van der Waals surface area (Å²) in [6.45, 7) is 1.87. The van der Waals surface area contributed by atoms with E-state index in [-0.39, 0.29) is 19.0 Å². The van der Waals surface area contributed by atoms with Crippen molar-refractivity contribution in [2.75, 3.05) is 13.7 Å². The van der Waals surface area contributed by atoms with Crippen LogP contribution in [0.15, 0.2) is 11.6 Å². The Balaban J connectivity index is 3.80. The molecule has 5 nitrogen and oxygen atoms in total. The van der Waals surface area contributed by atoms with Gasteiger partial charge >= 0.3 is 11.9 Å². The van der Waals surface area contributed by atoms with Gasteiger partial charge in [-0.1, -0.05) is 5.57 Å². The van der Waals surface area contributed by atoms with E-state index in [9.17, 15) is 14.4 Å². The smallest absolute Gasteiger partial charge is 0.314 e. The van der Waals surface area contributed by atoms with Crippen LogP contribution in [0.5, 0.6) is 0 Å². The number of methoxy groups -OCH3 is 1. The molecule has 0 aromatic carbocycles. The summed E-state index contributed by atoms with van der Waals surface area (Å²) in [5.74, 6) is -0.954. The van der Waals surface area contributed by atoms with Crippen LogP contribution in [0.1, 0.15) is 26.2 Å². The highest BCUT2D eigenvalue weighted by Crippen LogP contribution is 2.04. The molecule has 96 valence electrons. The third kappa shape index (κ3) is 9.56. The van der Waals surface area contributed by atoms with E-state index in [4.69, 9.17) is 16.3 Å². The van der Waals surface area contributed by atoms with E-state index in [1.807, 2.05) is 6.92 Å². The predicted molar refractivity (Wildman–Crippen MR) is 61.4 cm³/mol. The number of rotatable bonds is 7. The Morgan fingerprint density at radius 3 is 2.35 bits per heavy atom. The minimum Gasteiger partial charge on any atom is -0.469 e. The molecular weight excluding hydrogens is 248 g/mol. The molecule has 0 saturated heterocycles. The van der Waals surface area contributed by atoms with Gasteiger partial charge in [0.05, 0.1) is 7.11 Å². The molecule has 0 fully saturated rings. The van der Waals surface area contributed by atoms with E-state index < -0.39 is 17.6 Å². The molecule has 0 saturated carbocycles.